The molecule has 0 radical (unpaired) electrons. The molecule has 0 saturated heterocycles. The molecule has 1 atom stereocenters. The Bertz CT molecular complexity index is 449. The highest BCUT2D eigenvalue weighted by molar-refractivity contribution is 5.67. The first kappa shape index (κ1) is 18.6. The number of alkyl carbamates (subject to hydrolysis) is 1. The molecule has 0 spiro atoms. The second-order valence-corrected chi connectivity index (χ2v) is 6.56. The number of amides is 1. The summed E-state index contributed by atoms with van der Waals surface area (Å²) in [5, 5.41) is 6.33. The minimum absolute atomic E-state index is 0.234. The number of rotatable bonds is 8. The fourth-order valence-electron chi connectivity index (χ4n) is 2.20. The fourth-order valence-corrected chi connectivity index (χ4v) is 2.20. The minimum atomic E-state index is -0.458. The van der Waals surface area contributed by atoms with Gasteiger partial charge in [0.1, 0.15) is 5.60 Å². The Morgan fingerprint density at radius 3 is 2.68 bits per heavy atom. The molecule has 0 aliphatic heterocycles. The van der Waals surface area contributed by atoms with Crippen LogP contribution in [0.15, 0.2) is 18.3 Å². The number of hydrogen-bond acceptors (Lipinski definition) is 3. The normalized spacial score (nSPS) is 13.0. The fraction of sp³-hybridized carbons (Fsp3) is 0.706. The van der Waals surface area contributed by atoms with Crippen molar-refractivity contribution >= 4 is 6.09 Å². The summed E-state index contributed by atoms with van der Waals surface area (Å²) in [6.45, 7) is 12.3. The minimum Gasteiger partial charge on any atom is -0.444 e. The van der Waals surface area contributed by atoms with Crippen LogP contribution in [0.1, 0.15) is 53.2 Å². The summed E-state index contributed by atoms with van der Waals surface area (Å²) >= 11 is 0. The van der Waals surface area contributed by atoms with Gasteiger partial charge in [-0.15, -0.1) is 0 Å². The van der Waals surface area contributed by atoms with Gasteiger partial charge in [-0.25, -0.2) is 4.79 Å². The maximum absolute atomic E-state index is 11.7. The molecule has 5 nitrogen and oxygen atoms in total. The maximum Gasteiger partial charge on any atom is 0.407 e. The Morgan fingerprint density at radius 2 is 2.09 bits per heavy atom. The molecule has 5 heteroatoms. The Labute approximate surface area is 134 Å². The Hall–Kier alpha value is -1.49. The number of nitrogens with one attached hydrogen (secondary N) is 2. The van der Waals surface area contributed by atoms with E-state index in [1.165, 1.54) is 5.69 Å². The molecule has 0 saturated carbocycles. The van der Waals surface area contributed by atoms with Gasteiger partial charge >= 0.3 is 6.09 Å². The number of aryl methyl sites for hydroxylation is 1. The highest BCUT2D eigenvalue weighted by Gasteiger charge is 2.17. The smallest absolute Gasteiger partial charge is 0.407 e. The highest BCUT2D eigenvalue weighted by Crippen LogP contribution is 2.07. The molecule has 126 valence electrons. The van der Waals surface area contributed by atoms with E-state index in [-0.39, 0.29) is 12.1 Å². The monoisotopic (exact) mass is 309 g/mol. The van der Waals surface area contributed by atoms with Crippen LogP contribution in [0.5, 0.6) is 0 Å². The third kappa shape index (κ3) is 6.98. The lowest BCUT2D eigenvalue weighted by Gasteiger charge is -2.22. The summed E-state index contributed by atoms with van der Waals surface area (Å²) in [5.41, 5.74) is 0.817. The Kier molecular flexibility index (Phi) is 7.45. The van der Waals surface area contributed by atoms with Crippen molar-refractivity contribution in [3.8, 4) is 0 Å². The molecule has 1 amide bonds. The van der Waals surface area contributed by atoms with Crippen LogP contribution < -0.4 is 10.6 Å². The quantitative estimate of drug-likeness (QED) is 0.775. The van der Waals surface area contributed by atoms with Crippen LogP contribution >= 0.6 is 0 Å². The van der Waals surface area contributed by atoms with Crippen LogP contribution in [0.25, 0.3) is 0 Å². The van der Waals surface area contributed by atoms with Crippen molar-refractivity contribution in [2.75, 3.05) is 6.54 Å². The van der Waals surface area contributed by atoms with Crippen LogP contribution in [-0.4, -0.2) is 28.8 Å². The van der Waals surface area contributed by atoms with Crippen LogP contribution in [0.3, 0.4) is 0 Å². The van der Waals surface area contributed by atoms with Gasteiger partial charge in [-0.05, 0) is 45.7 Å². The van der Waals surface area contributed by atoms with E-state index in [9.17, 15) is 4.79 Å². The number of nitrogens with zero attached hydrogens (tertiary/aromatic N) is 1. The number of carbonyl (C=O) groups excluding carboxylic acids is 1. The van der Waals surface area contributed by atoms with Crippen molar-refractivity contribution < 1.29 is 9.53 Å². The molecule has 1 aromatic rings. The zero-order valence-electron chi connectivity index (χ0n) is 14.6. The molecule has 2 N–H and O–H groups in total. The first-order valence-corrected chi connectivity index (χ1v) is 8.20. The molecule has 22 heavy (non-hydrogen) atoms. The molecule has 1 unspecified atom stereocenters. The first-order chi connectivity index (χ1) is 10.4. The lowest BCUT2D eigenvalue weighted by atomic mass is 10.2. The maximum atomic E-state index is 11.7. The second-order valence-electron chi connectivity index (χ2n) is 6.56. The third-order valence-electron chi connectivity index (χ3n) is 3.34. The van der Waals surface area contributed by atoms with Gasteiger partial charge in [0.05, 0.1) is 0 Å². The number of carbonyl (C=O) groups is 1. The summed E-state index contributed by atoms with van der Waals surface area (Å²) in [4.78, 5) is 11.7. The molecular formula is C17H31N3O2. The van der Waals surface area contributed by atoms with E-state index in [0.29, 0.717) is 6.54 Å². The van der Waals surface area contributed by atoms with Gasteiger partial charge in [-0.1, -0.05) is 13.8 Å². The van der Waals surface area contributed by atoms with E-state index < -0.39 is 5.60 Å². The standard InChI is InChI=1S/C17H31N3O2/c1-6-10-20-11-8-9-15(20)13-18-14(7-2)12-19-16(21)22-17(3,4)5/h8-9,11,14,18H,6-7,10,12-13H2,1-5H3,(H,19,21). The van der Waals surface area contributed by atoms with E-state index >= 15 is 0 Å². The Balaban J connectivity index is 2.39. The average Bonchev–Trinajstić information content (AvgIpc) is 2.85. The summed E-state index contributed by atoms with van der Waals surface area (Å²) in [6.07, 6.45) is 3.83. The predicted octanol–water partition coefficient (Wildman–Crippen LogP) is 3.29. The molecule has 1 rings (SSSR count). The molecule has 1 aromatic heterocycles. The molecular weight excluding hydrogens is 278 g/mol. The average molecular weight is 309 g/mol. The lowest BCUT2D eigenvalue weighted by Crippen LogP contribution is -2.42. The number of ether oxygens (including phenoxy) is 1. The van der Waals surface area contributed by atoms with E-state index in [0.717, 1.165) is 25.9 Å². The van der Waals surface area contributed by atoms with Gasteiger partial charge in [0.2, 0.25) is 0 Å². The lowest BCUT2D eigenvalue weighted by molar-refractivity contribution is 0.0522. The summed E-state index contributed by atoms with van der Waals surface area (Å²) < 4.78 is 7.52. The number of hydrogen-bond donors (Lipinski definition) is 2. The van der Waals surface area contributed by atoms with Crippen molar-refractivity contribution in [1.82, 2.24) is 15.2 Å². The third-order valence-corrected chi connectivity index (χ3v) is 3.34. The van der Waals surface area contributed by atoms with Crippen LogP contribution in [0.2, 0.25) is 0 Å². The van der Waals surface area contributed by atoms with Gasteiger partial charge in [-0.2, -0.15) is 0 Å². The summed E-state index contributed by atoms with van der Waals surface area (Å²) in [7, 11) is 0. The molecule has 0 bridgehead atoms. The molecule has 0 aliphatic rings. The van der Waals surface area contributed by atoms with Gasteiger partial charge in [0, 0.05) is 37.6 Å². The Morgan fingerprint density at radius 1 is 1.36 bits per heavy atom. The van der Waals surface area contributed by atoms with Gasteiger partial charge in [0.25, 0.3) is 0 Å². The van der Waals surface area contributed by atoms with Crippen LogP contribution in [0, 0.1) is 0 Å². The summed E-state index contributed by atoms with van der Waals surface area (Å²) in [6, 6.07) is 4.45. The SMILES string of the molecule is CCCn1cccc1CNC(CC)CNC(=O)OC(C)(C)C. The zero-order valence-corrected chi connectivity index (χ0v) is 14.6. The van der Waals surface area contributed by atoms with Gasteiger partial charge in [-0.3, -0.25) is 0 Å². The van der Waals surface area contributed by atoms with E-state index in [1.54, 1.807) is 0 Å². The van der Waals surface area contributed by atoms with Gasteiger partial charge in [0.15, 0.2) is 0 Å². The summed E-state index contributed by atoms with van der Waals surface area (Å²) in [5.74, 6) is 0. The van der Waals surface area contributed by atoms with Crippen molar-refractivity contribution in [2.45, 2.75) is 72.2 Å². The van der Waals surface area contributed by atoms with E-state index in [2.05, 4.69) is 47.4 Å². The molecule has 0 aliphatic carbocycles. The number of aromatic nitrogens is 1. The van der Waals surface area contributed by atoms with Crippen molar-refractivity contribution in [2.24, 2.45) is 0 Å². The van der Waals surface area contributed by atoms with E-state index in [4.69, 9.17) is 4.74 Å². The van der Waals surface area contributed by atoms with Gasteiger partial charge < -0.3 is 19.9 Å². The molecule has 0 aromatic carbocycles. The second kappa shape index (κ2) is 8.83. The zero-order chi connectivity index (χ0) is 16.6. The van der Waals surface area contributed by atoms with Crippen molar-refractivity contribution in [3.05, 3.63) is 24.0 Å². The van der Waals surface area contributed by atoms with Crippen molar-refractivity contribution in [3.63, 3.8) is 0 Å². The molecule has 1 heterocycles. The molecule has 0 fully saturated rings. The first-order valence-electron chi connectivity index (χ1n) is 8.20. The largest absolute Gasteiger partial charge is 0.444 e. The highest BCUT2D eigenvalue weighted by atomic mass is 16.6. The topological polar surface area (TPSA) is 55.3 Å². The van der Waals surface area contributed by atoms with Crippen LogP contribution in [0.4, 0.5) is 4.79 Å². The van der Waals surface area contributed by atoms with Crippen molar-refractivity contribution in [1.29, 1.82) is 0 Å². The van der Waals surface area contributed by atoms with E-state index in [1.807, 2.05) is 20.8 Å². The van der Waals surface area contributed by atoms with Crippen LogP contribution in [-0.2, 0) is 17.8 Å². The predicted molar refractivity (Wildman–Crippen MR) is 89.9 cm³/mol.